The second kappa shape index (κ2) is 9.27. The molecule has 0 aromatic carbocycles. The molecule has 6 heteroatoms. The largest absolute Gasteiger partial charge is 0.338 e. The van der Waals surface area contributed by atoms with Crippen LogP contribution in [0.3, 0.4) is 0 Å². The van der Waals surface area contributed by atoms with E-state index in [2.05, 4.69) is 24.5 Å². The molecule has 2 saturated carbocycles. The van der Waals surface area contributed by atoms with Gasteiger partial charge in [0.05, 0.1) is 6.04 Å². The molecule has 1 heterocycles. The first-order chi connectivity index (χ1) is 14.1. The van der Waals surface area contributed by atoms with Crippen molar-refractivity contribution in [1.29, 1.82) is 0 Å². The molecule has 170 valence electrons. The Kier molecular flexibility index (Phi) is 7.13. The second-order valence-electron chi connectivity index (χ2n) is 11.0. The lowest BCUT2D eigenvalue weighted by molar-refractivity contribution is -0.136. The molecule has 6 nitrogen and oxygen atoms in total. The summed E-state index contributed by atoms with van der Waals surface area (Å²) in [5.74, 6) is 0.982. The van der Waals surface area contributed by atoms with Gasteiger partial charge in [0.25, 0.3) is 0 Å². The summed E-state index contributed by atoms with van der Waals surface area (Å²) < 4.78 is 0. The molecule has 0 aromatic heterocycles. The summed E-state index contributed by atoms with van der Waals surface area (Å²) in [4.78, 5) is 41.2. The molecular formula is C24H41N3O3. The van der Waals surface area contributed by atoms with E-state index in [1.165, 1.54) is 6.42 Å². The molecule has 4 atom stereocenters. The molecule has 1 saturated heterocycles. The molecule has 30 heavy (non-hydrogen) atoms. The molecule has 3 unspecified atom stereocenters. The maximum absolute atomic E-state index is 13.3. The zero-order chi connectivity index (χ0) is 22.1. The van der Waals surface area contributed by atoms with Crippen molar-refractivity contribution in [2.45, 2.75) is 104 Å². The number of carbonyl (C=O) groups excluding carboxylic acids is 3. The van der Waals surface area contributed by atoms with E-state index < -0.39 is 17.5 Å². The monoisotopic (exact) mass is 419 g/mol. The topological polar surface area (TPSA) is 78.5 Å². The Labute approximate surface area is 181 Å². The van der Waals surface area contributed by atoms with Crippen LogP contribution >= 0.6 is 0 Å². The summed E-state index contributed by atoms with van der Waals surface area (Å²) in [5.41, 5.74) is -0.416. The minimum absolute atomic E-state index is 0.0164. The summed E-state index contributed by atoms with van der Waals surface area (Å²) in [5, 5.41) is 5.96. The smallest absolute Gasteiger partial charge is 0.316 e. The van der Waals surface area contributed by atoms with Crippen molar-refractivity contribution in [1.82, 2.24) is 15.5 Å². The van der Waals surface area contributed by atoms with Gasteiger partial charge in [-0.15, -0.1) is 0 Å². The van der Waals surface area contributed by atoms with E-state index in [0.29, 0.717) is 5.92 Å². The van der Waals surface area contributed by atoms with Gasteiger partial charge >= 0.3 is 6.03 Å². The third kappa shape index (κ3) is 5.36. The Morgan fingerprint density at radius 2 is 1.53 bits per heavy atom. The fourth-order valence-corrected chi connectivity index (χ4v) is 5.04. The molecule has 1 aliphatic heterocycles. The highest BCUT2D eigenvalue weighted by molar-refractivity contribution is 5.93. The van der Waals surface area contributed by atoms with Crippen molar-refractivity contribution in [3.63, 3.8) is 0 Å². The summed E-state index contributed by atoms with van der Waals surface area (Å²) in [6.45, 7) is 10.9. The number of amides is 3. The number of nitrogens with zero attached hydrogens (tertiary/aromatic N) is 1. The van der Waals surface area contributed by atoms with Crippen LogP contribution in [0.4, 0.5) is 4.79 Å². The normalized spacial score (nSPS) is 27.4. The van der Waals surface area contributed by atoms with E-state index in [0.717, 1.165) is 51.5 Å². The summed E-state index contributed by atoms with van der Waals surface area (Å²) >= 11 is 0. The number of nitrogens with one attached hydrogen (secondary N) is 2. The Balaban J connectivity index is 1.69. The van der Waals surface area contributed by atoms with Crippen LogP contribution in [0.5, 0.6) is 0 Å². The standard InChI is InChI=1S/C24H41N3O3/c1-15-13-14-27(16(15)2)22(29)21(24(3,4)5)26-23(30)25-19(20(28)18-11-12-18)17-9-7-6-8-10-17/h15-19,21H,6-14H2,1-5H3,(H2,25,26,30)/t15-,16?,19?,21?/m0/s1. The van der Waals surface area contributed by atoms with Crippen LogP contribution in [0.15, 0.2) is 0 Å². The molecule has 0 spiro atoms. The van der Waals surface area contributed by atoms with Gasteiger partial charge in [-0.1, -0.05) is 47.0 Å². The van der Waals surface area contributed by atoms with Crippen molar-refractivity contribution < 1.29 is 14.4 Å². The molecule has 3 rings (SSSR count). The zero-order valence-electron chi connectivity index (χ0n) is 19.5. The van der Waals surface area contributed by atoms with Gasteiger partial charge in [0.2, 0.25) is 5.91 Å². The van der Waals surface area contributed by atoms with E-state index >= 15 is 0 Å². The van der Waals surface area contributed by atoms with Gasteiger partial charge in [0, 0.05) is 18.5 Å². The average Bonchev–Trinajstić information content (AvgIpc) is 3.49. The highest BCUT2D eigenvalue weighted by Crippen LogP contribution is 2.35. The molecule has 2 aliphatic carbocycles. The van der Waals surface area contributed by atoms with Gasteiger partial charge in [-0.3, -0.25) is 9.59 Å². The van der Waals surface area contributed by atoms with Crippen molar-refractivity contribution in [3.8, 4) is 0 Å². The van der Waals surface area contributed by atoms with E-state index in [1.54, 1.807) is 0 Å². The fraction of sp³-hybridized carbons (Fsp3) is 0.875. The second-order valence-corrected chi connectivity index (χ2v) is 11.0. The van der Waals surface area contributed by atoms with Crippen LogP contribution in [0, 0.1) is 23.2 Å². The lowest BCUT2D eigenvalue weighted by Crippen LogP contribution is -2.59. The predicted octanol–water partition coefficient (Wildman–Crippen LogP) is 3.89. The number of rotatable bonds is 6. The molecule has 3 aliphatic rings. The lowest BCUT2D eigenvalue weighted by Gasteiger charge is -2.36. The zero-order valence-corrected chi connectivity index (χ0v) is 19.5. The number of likely N-dealkylation sites (tertiary alicyclic amines) is 1. The first-order valence-corrected chi connectivity index (χ1v) is 12.0. The van der Waals surface area contributed by atoms with Crippen LogP contribution in [0.2, 0.25) is 0 Å². The van der Waals surface area contributed by atoms with Crippen molar-refractivity contribution in [2.75, 3.05) is 6.54 Å². The van der Waals surface area contributed by atoms with Crippen LogP contribution < -0.4 is 10.6 Å². The van der Waals surface area contributed by atoms with Gasteiger partial charge in [-0.05, 0) is 56.3 Å². The van der Waals surface area contributed by atoms with Gasteiger partial charge in [0.1, 0.15) is 6.04 Å². The van der Waals surface area contributed by atoms with Crippen molar-refractivity contribution in [3.05, 3.63) is 0 Å². The SMILES string of the molecule is CC1[C@@H](C)CCN1C(=O)C(NC(=O)NC(C(=O)C1CC1)C1CCCCC1)C(C)(C)C. The Morgan fingerprint density at radius 3 is 2.03 bits per heavy atom. The van der Waals surface area contributed by atoms with Crippen molar-refractivity contribution >= 4 is 17.7 Å². The fourth-order valence-electron chi connectivity index (χ4n) is 5.04. The number of carbonyl (C=O) groups is 3. The van der Waals surface area contributed by atoms with Crippen LogP contribution in [0.25, 0.3) is 0 Å². The third-order valence-electron chi connectivity index (χ3n) is 7.51. The maximum atomic E-state index is 13.3. The van der Waals surface area contributed by atoms with Gasteiger partial charge in [0.15, 0.2) is 5.78 Å². The van der Waals surface area contributed by atoms with Gasteiger partial charge in [-0.2, -0.15) is 0 Å². The maximum Gasteiger partial charge on any atom is 0.316 e. The molecule has 3 fully saturated rings. The average molecular weight is 420 g/mol. The summed E-state index contributed by atoms with van der Waals surface area (Å²) in [6.07, 6.45) is 8.32. The summed E-state index contributed by atoms with van der Waals surface area (Å²) in [7, 11) is 0. The van der Waals surface area contributed by atoms with Crippen LogP contribution in [0.1, 0.15) is 86.0 Å². The Bertz CT molecular complexity index is 647. The van der Waals surface area contributed by atoms with Crippen LogP contribution in [-0.2, 0) is 9.59 Å². The number of ketones is 1. The highest BCUT2D eigenvalue weighted by Gasteiger charge is 2.42. The first-order valence-electron chi connectivity index (χ1n) is 12.0. The van der Waals surface area contributed by atoms with E-state index in [-0.39, 0.29) is 35.6 Å². The van der Waals surface area contributed by atoms with Crippen LogP contribution in [-0.4, -0.2) is 47.3 Å². The third-order valence-corrected chi connectivity index (χ3v) is 7.51. The van der Waals surface area contributed by atoms with Gasteiger partial charge in [-0.25, -0.2) is 4.79 Å². The number of urea groups is 1. The molecule has 0 bridgehead atoms. The Hall–Kier alpha value is -1.59. The number of Topliss-reactive ketones (excluding diaryl/α,β-unsaturated/α-hetero) is 1. The predicted molar refractivity (Wildman–Crippen MR) is 118 cm³/mol. The molecular weight excluding hydrogens is 378 g/mol. The summed E-state index contributed by atoms with van der Waals surface area (Å²) in [6, 6.07) is -1.24. The minimum atomic E-state index is -0.617. The van der Waals surface area contributed by atoms with E-state index in [9.17, 15) is 14.4 Å². The number of hydrogen-bond acceptors (Lipinski definition) is 3. The van der Waals surface area contributed by atoms with E-state index in [4.69, 9.17) is 0 Å². The van der Waals surface area contributed by atoms with E-state index in [1.807, 2.05) is 25.7 Å². The highest BCUT2D eigenvalue weighted by atomic mass is 16.2. The minimum Gasteiger partial charge on any atom is -0.338 e. The number of hydrogen-bond donors (Lipinski definition) is 2. The molecule has 2 N–H and O–H groups in total. The quantitative estimate of drug-likeness (QED) is 0.686. The first kappa shape index (κ1) is 23.1. The Morgan fingerprint density at radius 1 is 0.900 bits per heavy atom. The molecule has 0 radical (unpaired) electrons. The molecule has 0 aromatic rings. The molecule has 3 amide bonds. The lowest BCUT2D eigenvalue weighted by atomic mass is 9.81. The van der Waals surface area contributed by atoms with Gasteiger partial charge < -0.3 is 15.5 Å². The van der Waals surface area contributed by atoms with Crippen molar-refractivity contribution in [2.24, 2.45) is 23.2 Å².